The Bertz CT molecular complexity index is 926. The molecule has 0 aliphatic carbocycles. The molecule has 0 spiro atoms. The third kappa shape index (κ3) is 5.65. The monoisotopic (exact) mass is 438 g/mol. The van der Waals surface area contributed by atoms with Crippen molar-refractivity contribution in [3.8, 4) is 0 Å². The van der Waals surface area contributed by atoms with Crippen molar-refractivity contribution in [2.75, 3.05) is 24.5 Å². The molecule has 170 valence electrons. The summed E-state index contributed by atoms with van der Waals surface area (Å²) < 4.78 is 13.7. The van der Waals surface area contributed by atoms with E-state index in [4.69, 9.17) is 0 Å². The summed E-state index contributed by atoms with van der Waals surface area (Å²) in [5, 5.41) is 9.32. The second kappa shape index (κ2) is 10.6. The number of carbonyl (C=O) groups excluding carboxylic acids is 2. The fourth-order valence-corrected chi connectivity index (χ4v) is 4.43. The number of carbonyl (C=O) groups is 2. The molecule has 3 N–H and O–H groups in total. The maximum absolute atomic E-state index is 13.7. The number of hydrogen-bond acceptors (Lipinski definition) is 4. The van der Waals surface area contributed by atoms with Gasteiger partial charge in [0.2, 0.25) is 5.91 Å². The van der Waals surface area contributed by atoms with Crippen LogP contribution in [-0.2, 0) is 11.3 Å². The molecule has 7 heteroatoms. The lowest BCUT2D eigenvalue weighted by atomic mass is 10.0. The number of piperidine rings is 1. The number of nitrogens with one attached hydrogen (secondary N) is 3. The smallest absolute Gasteiger partial charge is 0.251 e. The summed E-state index contributed by atoms with van der Waals surface area (Å²) in [7, 11) is 0. The average Bonchev–Trinajstić information content (AvgIpc) is 3.03. The highest BCUT2D eigenvalue weighted by molar-refractivity contribution is 5.94. The standard InChI is InChI=1S/C25H31FN4O2/c26-22-6-2-1-5-19(22)17-28-24(31)18-8-10-21(11-9-18)30-15-12-20(13-16-30)29-23-7-3-4-14-27-25(23)32/h1-2,5-6,8-11,20,23,29H,3-4,7,12-17H2,(H,27,32)(H,28,31)/t23-/m0/s1. The number of rotatable bonds is 6. The van der Waals surface area contributed by atoms with Gasteiger partial charge >= 0.3 is 0 Å². The molecule has 0 aromatic heterocycles. The maximum atomic E-state index is 13.7. The molecule has 4 rings (SSSR count). The van der Waals surface area contributed by atoms with E-state index < -0.39 is 0 Å². The Kier molecular flexibility index (Phi) is 7.37. The average molecular weight is 439 g/mol. The molecule has 2 aliphatic heterocycles. The van der Waals surface area contributed by atoms with Crippen molar-refractivity contribution < 1.29 is 14.0 Å². The lowest BCUT2D eigenvalue weighted by Gasteiger charge is -2.35. The zero-order valence-corrected chi connectivity index (χ0v) is 18.3. The Hall–Kier alpha value is -2.93. The van der Waals surface area contributed by atoms with Crippen LogP contribution in [0.15, 0.2) is 48.5 Å². The van der Waals surface area contributed by atoms with Crippen LogP contribution >= 0.6 is 0 Å². The molecule has 2 saturated heterocycles. The minimum atomic E-state index is -0.319. The van der Waals surface area contributed by atoms with E-state index >= 15 is 0 Å². The van der Waals surface area contributed by atoms with Crippen LogP contribution in [0.2, 0.25) is 0 Å². The van der Waals surface area contributed by atoms with Crippen LogP contribution in [-0.4, -0.2) is 43.5 Å². The van der Waals surface area contributed by atoms with E-state index in [0.29, 0.717) is 17.2 Å². The van der Waals surface area contributed by atoms with Crippen molar-refractivity contribution in [1.29, 1.82) is 0 Å². The summed E-state index contributed by atoms with van der Waals surface area (Å²) in [6.07, 6.45) is 5.00. The third-order valence-corrected chi connectivity index (χ3v) is 6.36. The lowest BCUT2D eigenvalue weighted by Crippen LogP contribution is -2.51. The first kappa shape index (κ1) is 22.3. The SMILES string of the molecule is O=C(NCc1ccccc1F)c1ccc(N2CCC(N[C@H]3CCCCNC3=O)CC2)cc1. The predicted octanol–water partition coefficient (Wildman–Crippen LogP) is 2.98. The Balaban J connectivity index is 1.26. The van der Waals surface area contributed by atoms with E-state index in [1.165, 1.54) is 6.07 Å². The molecular formula is C25H31FN4O2. The summed E-state index contributed by atoms with van der Waals surface area (Å²) in [5.74, 6) is -0.404. The van der Waals surface area contributed by atoms with Gasteiger partial charge in [0.1, 0.15) is 5.82 Å². The van der Waals surface area contributed by atoms with Crippen molar-refractivity contribution in [3.63, 3.8) is 0 Å². The third-order valence-electron chi connectivity index (χ3n) is 6.36. The predicted molar refractivity (Wildman–Crippen MR) is 123 cm³/mol. The molecule has 2 heterocycles. The van der Waals surface area contributed by atoms with Gasteiger partial charge in [-0.2, -0.15) is 0 Å². The molecule has 32 heavy (non-hydrogen) atoms. The van der Waals surface area contributed by atoms with Gasteiger partial charge in [0, 0.05) is 49.0 Å². The first-order valence-corrected chi connectivity index (χ1v) is 11.5. The topological polar surface area (TPSA) is 73.5 Å². The Morgan fingerprint density at radius 2 is 1.78 bits per heavy atom. The highest BCUT2D eigenvalue weighted by Crippen LogP contribution is 2.21. The molecule has 1 atom stereocenters. The quantitative estimate of drug-likeness (QED) is 0.648. The Morgan fingerprint density at radius 3 is 2.53 bits per heavy atom. The highest BCUT2D eigenvalue weighted by atomic mass is 19.1. The zero-order valence-electron chi connectivity index (χ0n) is 18.3. The van der Waals surface area contributed by atoms with Gasteiger partial charge in [-0.1, -0.05) is 18.2 Å². The molecule has 0 radical (unpaired) electrons. The molecule has 2 aromatic carbocycles. The van der Waals surface area contributed by atoms with E-state index in [1.54, 1.807) is 18.2 Å². The Labute approximate surface area is 188 Å². The highest BCUT2D eigenvalue weighted by Gasteiger charge is 2.26. The summed E-state index contributed by atoms with van der Waals surface area (Å²) in [6, 6.07) is 14.3. The van der Waals surface area contributed by atoms with E-state index in [9.17, 15) is 14.0 Å². The van der Waals surface area contributed by atoms with Crippen LogP contribution in [0.3, 0.4) is 0 Å². The van der Waals surface area contributed by atoms with E-state index in [1.807, 2.05) is 24.3 Å². The first-order chi connectivity index (χ1) is 15.6. The van der Waals surface area contributed by atoms with E-state index in [-0.39, 0.29) is 30.2 Å². The van der Waals surface area contributed by atoms with Crippen molar-refractivity contribution in [2.45, 2.75) is 50.7 Å². The van der Waals surface area contributed by atoms with E-state index in [2.05, 4.69) is 20.9 Å². The second-order valence-electron chi connectivity index (χ2n) is 8.59. The molecule has 0 unspecified atom stereocenters. The van der Waals surface area contributed by atoms with Gasteiger partial charge < -0.3 is 20.9 Å². The maximum Gasteiger partial charge on any atom is 0.251 e. The number of benzene rings is 2. The molecule has 2 amide bonds. The molecule has 2 aromatic rings. The number of amides is 2. The van der Waals surface area contributed by atoms with Crippen molar-refractivity contribution in [2.24, 2.45) is 0 Å². The van der Waals surface area contributed by atoms with Gasteiger partial charge in [-0.25, -0.2) is 4.39 Å². The number of halogens is 1. The number of hydrogen-bond donors (Lipinski definition) is 3. The molecule has 0 saturated carbocycles. The molecule has 2 fully saturated rings. The molecule has 2 aliphatic rings. The van der Waals surface area contributed by atoms with Crippen molar-refractivity contribution in [3.05, 3.63) is 65.5 Å². The summed E-state index contributed by atoms with van der Waals surface area (Å²) in [5.41, 5.74) is 2.11. The van der Waals surface area contributed by atoms with Gasteiger partial charge in [0.25, 0.3) is 5.91 Å². The van der Waals surface area contributed by atoms with Crippen LogP contribution in [0.5, 0.6) is 0 Å². The van der Waals surface area contributed by atoms with Gasteiger partial charge in [0.05, 0.1) is 6.04 Å². The first-order valence-electron chi connectivity index (χ1n) is 11.5. The summed E-state index contributed by atoms with van der Waals surface area (Å²) in [6.45, 7) is 2.76. The van der Waals surface area contributed by atoms with Crippen molar-refractivity contribution in [1.82, 2.24) is 16.0 Å². The Morgan fingerprint density at radius 1 is 1.03 bits per heavy atom. The summed E-state index contributed by atoms with van der Waals surface area (Å²) >= 11 is 0. The fourth-order valence-electron chi connectivity index (χ4n) is 4.43. The van der Waals surface area contributed by atoms with Gasteiger partial charge in [0.15, 0.2) is 0 Å². The number of anilines is 1. The minimum absolute atomic E-state index is 0.0730. The van der Waals surface area contributed by atoms with Crippen LogP contribution < -0.4 is 20.9 Å². The van der Waals surface area contributed by atoms with Crippen LogP contribution in [0.1, 0.15) is 48.0 Å². The van der Waals surface area contributed by atoms with E-state index in [0.717, 1.165) is 57.4 Å². The van der Waals surface area contributed by atoms with Crippen LogP contribution in [0, 0.1) is 5.82 Å². The van der Waals surface area contributed by atoms with Crippen LogP contribution in [0.4, 0.5) is 10.1 Å². The molecular weight excluding hydrogens is 407 g/mol. The normalized spacial score (nSPS) is 19.8. The number of nitrogens with zero attached hydrogens (tertiary/aromatic N) is 1. The lowest BCUT2D eigenvalue weighted by molar-refractivity contribution is -0.123. The van der Waals surface area contributed by atoms with Gasteiger partial charge in [-0.05, 0) is 62.4 Å². The zero-order chi connectivity index (χ0) is 22.3. The van der Waals surface area contributed by atoms with Crippen LogP contribution in [0.25, 0.3) is 0 Å². The van der Waals surface area contributed by atoms with Gasteiger partial charge in [-0.3, -0.25) is 9.59 Å². The minimum Gasteiger partial charge on any atom is -0.371 e. The molecule has 6 nitrogen and oxygen atoms in total. The van der Waals surface area contributed by atoms with Gasteiger partial charge in [-0.15, -0.1) is 0 Å². The molecule has 0 bridgehead atoms. The fraction of sp³-hybridized carbons (Fsp3) is 0.440. The summed E-state index contributed by atoms with van der Waals surface area (Å²) in [4.78, 5) is 26.9. The van der Waals surface area contributed by atoms with Crippen molar-refractivity contribution >= 4 is 17.5 Å². The second-order valence-corrected chi connectivity index (χ2v) is 8.59. The largest absolute Gasteiger partial charge is 0.371 e.